The third kappa shape index (κ3) is 1.03. The van der Waals surface area contributed by atoms with Crippen molar-refractivity contribution in [2.24, 2.45) is 0 Å². The van der Waals surface area contributed by atoms with Gasteiger partial charge in [0.05, 0.1) is 6.42 Å². The number of carbonyl (C=O) groups is 1. The van der Waals surface area contributed by atoms with E-state index in [0.717, 1.165) is 0 Å². The van der Waals surface area contributed by atoms with Gasteiger partial charge in [0.25, 0.3) is 0 Å². The zero-order valence-electron chi connectivity index (χ0n) is 7.60. The summed E-state index contributed by atoms with van der Waals surface area (Å²) < 4.78 is 13.5. The van der Waals surface area contributed by atoms with E-state index >= 15 is 0 Å². The molecule has 13 heavy (non-hydrogen) atoms. The van der Waals surface area contributed by atoms with E-state index < -0.39 is 0 Å². The van der Waals surface area contributed by atoms with E-state index in [-0.39, 0.29) is 18.1 Å². The fraction of sp³-hybridized carbons (Fsp3) is 0.300. The number of amides is 1. The summed E-state index contributed by atoms with van der Waals surface area (Å²) in [6.07, 6.45) is 0.194. The van der Waals surface area contributed by atoms with Crippen molar-refractivity contribution in [3.05, 3.63) is 29.1 Å². The average molecular weight is 179 g/mol. The van der Waals surface area contributed by atoms with Gasteiger partial charge in [-0.25, -0.2) is 4.39 Å². The zero-order chi connectivity index (χ0) is 9.59. The lowest BCUT2D eigenvalue weighted by Crippen LogP contribution is -2.20. The number of aryl methyl sites for hydroxylation is 1. The zero-order valence-corrected chi connectivity index (χ0v) is 7.60. The maximum atomic E-state index is 13.5. The number of benzene rings is 1. The quantitative estimate of drug-likeness (QED) is 0.593. The summed E-state index contributed by atoms with van der Waals surface area (Å²) in [6, 6.07) is 3.49. The van der Waals surface area contributed by atoms with Gasteiger partial charge in [-0.3, -0.25) is 4.79 Å². The second-order valence-corrected chi connectivity index (χ2v) is 3.32. The van der Waals surface area contributed by atoms with Crippen LogP contribution in [0.3, 0.4) is 0 Å². The minimum atomic E-state index is -0.241. The first-order valence-corrected chi connectivity index (χ1v) is 4.16. The first-order chi connectivity index (χ1) is 6.11. The van der Waals surface area contributed by atoms with Crippen LogP contribution in [0, 0.1) is 12.7 Å². The molecular formula is C10H10FNO. The minimum absolute atomic E-state index is 0.0421. The summed E-state index contributed by atoms with van der Waals surface area (Å²) >= 11 is 0. The fourth-order valence-electron chi connectivity index (χ4n) is 1.61. The number of anilines is 1. The van der Waals surface area contributed by atoms with Crippen LogP contribution >= 0.6 is 0 Å². The van der Waals surface area contributed by atoms with Crippen molar-refractivity contribution in [1.82, 2.24) is 0 Å². The predicted octanol–water partition coefficient (Wildman–Crippen LogP) is 1.65. The maximum Gasteiger partial charge on any atom is 0.231 e. The van der Waals surface area contributed by atoms with Gasteiger partial charge in [0, 0.05) is 18.3 Å². The van der Waals surface area contributed by atoms with E-state index in [2.05, 4.69) is 0 Å². The SMILES string of the molecule is Cc1ccc2c(c1F)CC(=O)N2C. The van der Waals surface area contributed by atoms with E-state index in [1.54, 1.807) is 26.1 Å². The summed E-state index contributed by atoms with van der Waals surface area (Å²) in [6.45, 7) is 1.71. The fourth-order valence-corrected chi connectivity index (χ4v) is 1.61. The Kier molecular flexibility index (Phi) is 1.62. The molecule has 68 valence electrons. The normalized spacial score (nSPS) is 15.0. The standard InChI is InChI=1S/C10H10FNO/c1-6-3-4-8-7(10(6)11)5-9(13)12(8)2/h3-4H,5H2,1-2H3. The van der Waals surface area contributed by atoms with E-state index in [0.29, 0.717) is 16.8 Å². The van der Waals surface area contributed by atoms with Crippen LogP contribution in [-0.2, 0) is 11.2 Å². The Bertz CT molecular complexity index is 387. The molecule has 1 heterocycles. The highest BCUT2D eigenvalue weighted by molar-refractivity contribution is 6.01. The van der Waals surface area contributed by atoms with Crippen molar-refractivity contribution < 1.29 is 9.18 Å². The lowest BCUT2D eigenvalue weighted by Gasteiger charge is -2.10. The van der Waals surface area contributed by atoms with Gasteiger partial charge >= 0.3 is 0 Å². The highest BCUT2D eigenvalue weighted by Gasteiger charge is 2.27. The number of hydrogen-bond donors (Lipinski definition) is 0. The smallest absolute Gasteiger partial charge is 0.231 e. The summed E-state index contributed by atoms with van der Waals surface area (Å²) in [5.41, 5.74) is 1.84. The van der Waals surface area contributed by atoms with Crippen molar-refractivity contribution in [1.29, 1.82) is 0 Å². The number of halogens is 1. The first-order valence-electron chi connectivity index (χ1n) is 4.16. The topological polar surface area (TPSA) is 20.3 Å². The molecule has 0 N–H and O–H groups in total. The molecule has 0 bridgehead atoms. The summed E-state index contributed by atoms with van der Waals surface area (Å²) in [5, 5.41) is 0. The Balaban J connectivity index is 2.64. The summed E-state index contributed by atoms with van der Waals surface area (Å²) in [5.74, 6) is -0.283. The van der Waals surface area contributed by atoms with E-state index in [1.807, 2.05) is 0 Å². The molecule has 1 aliphatic heterocycles. The van der Waals surface area contributed by atoms with Crippen molar-refractivity contribution in [3.8, 4) is 0 Å². The van der Waals surface area contributed by atoms with Gasteiger partial charge in [-0.15, -0.1) is 0 Å². The largest absolute Gasteiger partial charge is 0.315 e. The molecule has 0 atom stereocenters. The highest BCUT2D eigenvalue weighted by atomic mass is 19.1. The first kappa shape index (κ1) is 8.23. The molecule has 0 aromatic heterocycles. The average Bonchev–Trinajstić information content (AvgIpc) is 2.38. The van der Waals surface area contributed by atoms with Crippen LogP contribution < -0.4 is 4.90 Å². The lowest BCUT2D eigenvalue weighted by molar-refractivity contribution is -0.117. The Morgan fingerprint density at radius 3 is 2.85 bits per heavy atom. The molecule has 3 heteroatoms. The lowest BCUT2D eigenvalue weighted by atomic mass is 10.1. The molecular weight excluding hydrogens is 169 g/mol. The van der Waals surface area contributed by atoms with Gasteiger partial charge in [-0.05, 0) is 18.6 Å². The van der Waals surface area contributed by atoms with Gasteiger partial charge in [0.1, 0.15) is 5.82 Å². The molecule has 0 aliphatic carbocycles. The van der Waals surface area contributed by atoms with Crippen LogP contribution in [0.15, 0.2) is 12.1 Å². The number of likely N-dealkylation sites (N-methyl/N-ethyl adjacent to an activating group) is 1. The van der Waals surface area contributed by atoms with Crippen LogP contribution in [0.25, 0.3) is 0 Å². The van der Waals surface area contributed by atoms with E-state index in [9.17, 15) is 9.18 Å². The monoisotopic (exact) mass is 179 g/mol. The number of fused-ring (bicyclic) bond motifs is 1. The second kappa shape index (κ2) is 2.55. The van der Waals surface area contributed by atoms with E-state index in [1.165, 1.54) is 4.90 Å². The number of hydrogen-bond acceptors (Lipinski definition) is 1. The molecule has 0 spiro atoms. The molecule has 1 amide bonds. The molecule has 0 saturated heterocycles. The maximum absolute atomic E-state index is 13.5. The van der Waals surface area contributed by atoms with Crippen LogP contribution in [0.1, 0.15) is 11.1 Å². The van der Waals surface area contributed by atoms with Crippen LogP contribution in [0.4, 0.5) is 10.1 Å². The van der Waals surface area contributed by atoms with Crippen molar-refractivity contribution in [2.75, 3.05) is 11.9 Å². The van der Waals surface area contributed by atoms with Crippen LogP contribution in [-0.4, -0.2) is 13.0 Å². The molecule has 2 nitrogen and oxygen atoms in total. The molecule has 0 fully saturated rings. The number of rotatable bonds is 0. The van der Waals surface area contributed by atoms with Crippen molar-refractivity contribution in [2.45, 2.75) is 13.3 Å². The molecule has 0 saturated carbocycles. The van der Waals surface area contributed by atoms with Gasteiger partial charge < -0.3 is 4.90 Å². The molecule has 1 aromatic rings. The molecule has 1 aliphatic rings. The van der Waals surface area contributed by atoms with Crippen molar-refractivity contribution in [3.63, 3.8) is 0 Å². The number of nitrogens with zero attached hydrogens (tertiary/aromatic N) is 1. The third-order valence-electron chi connectivity index (χ3n) is 2.48. The molecule has 0 radical (unpaired) electrons. The second-order valence-electron chi connectivity index (χ2n) is 3.32. The Labute approximate surface area is 76.0 Å². The molecule has 1 aromatic carbocycles. The summed E-state index contributed by atoms with van der Waals surface area (Å²) in [7, 11) is 1.67. The minimum Gasteiger partial charge on any atom is -0.315 e. The Morgan fingerprint density at radius 2 is 2.15 bits per heavy atom. The van der Waals surface area contributed by atoms with Gasteiger partial charge in [0.2, 0.25) is 5.91 Å². The molecule has 2 rings (SSSR count). The Hall–Kier alpha value is -1.38. The van der Waals surface area contributed by atoms with Crippen LogP contribution in [0.5, 0.6) is 0 Å². The Morgan fingerprint density at radius 1 is 1.46 bits per heavy atom. The van der Waals surface area contributed by atoms with Gasteiger partial charge in [0.15, 0.2) is 0 Å². The summed E-state index contributed by atoms with van der Waals surface area (Å²) in [4.78, 5) is 12.8. The highest BCUT2D eigenvalue weighted by Crippen LogP contribution is 2.30. The van der Waals surface area contributed by atoms with Crippen LogP contribution in [0.2, 0.25) is 0 Å². The van der Waals surface area contributed by atoms with Gasteiger partial charge in [-0.2, -0.15) is 0 Å². The van der Waals surface area contributed by atoms with Gasteiger partial charge in [-0.1, -0.05) is 6.07 Å². The molecule has 0 unspecified atom stereocenters. The predicted molar refractivity (Wildman–Crippen MR) is 48.3 cm³/mol. The third-order valence-corrected chi connectivity index (χ3v) is 2.48. The number of carbonyl (C=O) groups excluding carboxylic acids is 1. The van der Waals surface area contributed by atoms with E-state index in [4.69, 9.17) is 0 Å². The van der Waals surface area contributed by atoms with Crippen molar-refractivity contribution >= 4 is 11.6 Å².